The van der Waals surface area contributed by atoms with E-state index < -0.39 is 23.6 Å². The van der Waals surface area contributed by atoms with Gasteiger partial charge in [-0.05, 0) is 13.8 Å². The van der Waals surface area contributed by atoms with E-state index in [2.05, 4.69) is 15.6 Å². The van der Waals surface area contributed by atoms with Crippen LogP contribution in [0.3, 0.4) is 0 Å². The number of aliphatic imine (C=N–C) groups is 1. The van der Waals surface area contributed by atoms with Crippen LogP contribution in [0.2, 0.25) is 0 Å². The Morgan fingerprint density at radius 1 is 1.58 bits per heavy atom. The van der Waals surface area contributed by atoms with E-state index in [4.69, 9.17) is 0 Å². The molecule has 4 nitrogen and oxygen atoms in total. The van der Waals surface area contributed by atoms with Gasteiger partial charge in [-0.3, -0.25) is 9.79 Å². The summed E-state index contributed by atoms with van der Waals surface area (Å²) in [5, 5.41) is 4.94. The summed E-state index contributed by atoms with van der Waals surface area (Å²) >= 11 is 0. The molecule has 7 heteroatoms. The second kappa shape index (κ2) is 4.40. The summed E-state index contributed by atoms with van der Waals surface area (Å²) < 4.78 is 38.1. The number of hydrogen-bond acceptors (Lipinski definition) is 3. The number of nitrogens with zero attached hydrogens (tertiary/aromatic N) is 1. The summed E-state index contributed by atoms with van der Waals surface area (Å²) in [5.74, 6) is -1.42. The number of hydrogen-bond donors (Lipinski definition) is 2. The molecule has 1 amide bonds. The van der Waals surface area contributed by atoms with Gasteiger partial charge in [-0.1, -0.05) is 18.2 Å². The summed E-state index contributed by atoms with van der Waals surface area (Å²) in [6.45, 7) is 3.70. The molecule has 104 valence electrons. The normalized spacial score (nSPS) is 29.2. The average Bonchev–Trinajstić information content (AvgIpc) is 2.65. The predicted octanol–water partition coefficient (Wildman–Crippen LogP) is 1.31. The number of halogens is 3. The van der Waals surface area contributed by atoms with Crippen molar-refractivity contribution in [2.75, 3.05) is 6.54 Å². The predicted molar refractivity (Wildman–Crippen MR) is 64.7 cm³/mol. The molecule has 2 aliphatic rings. The SMILES string of the molecule is CCNC(=O)C1=CC=CC2N=C(C(F)(F)F)NC12C. The molecular formula is C12H14F3N3O. The zero-order chi connectivity index (χ0) is 14.3. The number of fused-ring (bicyclic) bond motifs is 1. The molecule has 0 saturated carbocycles. The average molecular weight is 273 g/mol. The summed E-state index contributed by atoms with van der Waals surface area (Å²) in [7, 11) is 0. The van der Waals surface area contributed by atoms with E-state index in [9.17, 15) is 18.0 Å². The Labute approximate surface area is 108 Å². The zero-order valence-electron chi connectivity index (χ0n) is 10.5. The molecular weight excluding hydrogens is 259 g/mol. The lowest BCUT2D eigenvalue weighted by molar-refractivity contribution is -0.118. The maximum Gasteiger partial charge on any atom is 0.448 e. The van der Waals surface area contributed by atoms with Gasteiger partial charge in [-0.2, -0.15) is 13.2 Å². The van der Waals surface area contributed by atoms with Gasteiger partial charge in [0.25, 0.3) is 0 Å². The highest BCUT2D eigenvalue weighted by atomic mass is 19.4. The number of allylic oxidation sites excluding steroid dienone is 2. The van der Waals surface area contributed by atoms with Gasteiger partial charge >= 0.3 is 6.18 Å². The first-order valence-electron chi connectivity index (χ1n) is 5.89. The minimum Gasteiger partial charge on any atom is -0.354 e. The maximum absolute atomic E-state index is 12.7. The molecule has 2 N–H and O–H groups in total. The van der Waals surface area contributed by atoms with Crippen LogP contribution in [0.15, 0.2) is 28.8 Å². The molecule has 0 fully saturated rings. The lowest BCUT2D eigenvalue weighted by Crippen LogP contribution is -2.55. The van der Waals surface area contributed by atoms with Crippen LogP contribution in [-0.4, -0.2) is 36.0 Å². The van der Waals surface area contributed by atoms with Gasteiger partial charge in [-0.15, -0.1) is 0 Å². The van der Waals surface area contributed by atoms with Crippen molar-refractivity contribution in [1.29, 1.82) is 0 Å². The van der Waals surface area contributed by atoms with E-state index in [1.165, 1.54) is 6.08 Å². The van der Waals surface area contributed by atoms with Crippen LogP contribution in [0, 0.1) is 0 Å². The lowest BCUT2D eigenvalue weighted by atomic mass is 9.81. The quantitative estimate of drug-likeness (QED) is 0.797. The number of rotatable bonds is 2. The van der Waals surface area contributed by atoms with Crippen LogP contribution < -0.4 is 10.6 Å². The number of carbonyl (C=O) groups excluding carboxylic acids is 1. The first-order valence-corrected chi connectivity index (χ1v) is 5.89. The summed E-state index contributed by atoms with van der Waals surface area (Å²) in [5.41, 5.74) is -0.899. The van der Waals surface area contributed by atoms with Gasteiger partial charge in [0.1, 0.15) is 0 Å². The third kappa shape index (κ3) is 2.24. The zero-order valence-corrected chi connectivity index (χ0v) is 10.5. The van der Waals surface area contributed by atoms with Crippen LogP contribution >= 0.6 is 0 Å². The molecule has 2 unspecified atom stereocenters. The topological polar surface area (TPSA) is 53.5 Å². The van der Waals surface area contributed by atoms with Gasteiger partial charge in [-0.25, -0.2) is 0 Å². The molecule has 0 saturated heterocycles. The highest BCUT2D eigenvalue weighted by Crippen LogP contribution is 2.35. The molecule has 0 aromatic rings. The molecule has 2 atom stereocenters. The lowest BCUT2D eigenvalue weighted by Gasteiger charge is -2.33. The number of amidine groups is 1. The Morgan fingerprint density at radius 3 is 2.84 bits per heavy atom. The van der Waals surface area contributed by atoms with Crippen LogP contribution in [-0.2, 0) is 4.79 Å². The van der Waals surface area contributed by atoms with Crippen LogP contribution in [0.25, 0.3) is 0 Å². The Kier molecular flexibility index (Phi) is 3.15. The molecule has 0 aromatic heterocycles. The number of likely N-dealkylation sites (N-methyl/N-ethyl adjacent to an activating group) is 1. The Balaban J connectivity index is 2.32. The molecule has 2 rings (SSSR count). The highest BCUT2D eigenvalue weighted by molar-refractivity contribution is 6.00. The van der Waals surface area contributed by atoms with Gasteiger partial charge in [0, 0.05) is 12.1 Å². The smallest absolute Gasteiger partial charge is 0.354 e. The van der Waals surface area contributed by atoms with Gasteiger partial charge in [0.15, 0.2) is 0 Å². The molecule has 1 aliphatic carbocycles. The van der Waals surface area contributed by atoms with Crippen molar-refractivity contribution in [3.63, 3.8) is 0 Å². The fourth-order valence-corrected chi connectivity index (χ4v) is 2.22. The fourth-order valence-electron chi connectivity index (χ4n) is 2.22. The molecule has 0 bridgehead atoms. The molecule has 1 aliphatic heterocycles. The number of nitrogens with one attached hydrogen (secondary N) is 2. The largest absolute Gasteiger partial charge is 0.448 e. The fraction of sp³-hybridized carbons (Fsp3) is 0.500. The second-order valence-corrected chi connectivity index (χ2v) is 4.57. The van der Waals surface area contributed by atoms with Crippen molar-refractivity contribution in [2.24, 2.45) is 4.99 Å². The van der Waals surface area contributed by atoms with Crippen LogP contribution in [0.1, 0.15) is 13.8 Å². The van der Waals surface area contributed by atoms with Crippen molar-refractivity contribution in [3.05, 3.63) is 23.8 Å². The van der Waals surface area contributed by atoms with Crippen molar-refractivity contribution < 1.29 is 18.0 Å². The van der Waals surface area contributed by atoms with Crippen LogP contribution in [0.4, 0.5) is 13.2 Å². The minimum absolute atomic E-state index is 0.254. The molecule has 1 heterocycles. The van der Waals surface area contributed by atoms with Crippen molar-refractivity contribution in [1.82, 2.24) is 10.6 Å². The number of alkyl halides is 3. The monoisotopic (exact) mass is 273 g/mol. The molecule has 19 heavy (non-hydrogen) atoms. The Hall–Kier alpha value is -1.79. The minimum atomic E-state index is -4.54. The highest BCUT2D eigenvalue weighted by Gasteiger charge is 2.51. The van der Waals surface area contributed by atoms with E-state index in [1.54, 1.807) is 26.0 Å². The van der Waals surface area contributed by atoms with Gasteiger partial charge in [0.05, 0.1) is 11.6 Å². The van der Waals surface area contributed by atoms with Crippen molar-refractivity contribution in [2.45, 2.75) is 31.6 Å². The van der Waals surface area contributed by atoms with E-state index in [-0.39, 0.29) is 11.5 Å². The molecule has 0 aromatic carbocycles. The summed E-state index contributed by atoms with van der Waals surface area (Å²) in [6, 6.07) is -0.730. The van der Waals surface area contributed by atoms with Crippen molar-refractivity contribution >= 4 is 11.7 Å². The van der Waals surface area contributed by atoms with E-state index >= 15 is 0 Å². The first-order chi connectivity index (χ1) is 8.79. The van der Waals surface area contributed by atoms with E-state index in [1.807, 2.05) is 0 Å². The second-order valence-electron chi connectivity index (χ2n) is 4.57. The third-order valence-corrected chi connectivity index (χ3v) is 3.20. The maximum atomic E-state index is 12.7. The standard InChI is InChI=1S/C12H14F3N3O/c1-3-16-9(19)7-5-4-6-8-11(7,2)18-10(17-8)12(13,14)15/h4-6,8H,3H2,1-2H3,(H,16,19)(H,17,18). The Morgan fingerprint density at radius 2 is 2.26 bits per heavy atom. The molecule has 0 spiro atoms. The number of amides is 1. The Bertz CT molecular complexity index is 493. The van der Waals surface area contributed by atoms with Gasteiger partial charge < -0.3 is 10.6 Å². The molecule has 0 radical (unpaired) electrons. The van der Waals surface area contributed by atoms with E-state index in [0.717, 1.165) is 0 Å². The van der Waals surface area contributed by atoms with Gasteiger partial charge in [0.2, 0.25) is 11.7 Å². The van der Waals surface area contributed by atoms with Crippen molar-refractivity contribution in [3.8, 4) is 0 Å². The van der Waals surface area contributed by atoms with E-state index in [0.29, 0.717) is 6.54 Å². The third-order valence-electron chi connectivity index (χ3n) is 3.20. The summed E-state index contributed by atoms with van der Waals surface area (Å²) in [6.07, 6.45) is 0.0831. The summed E-state index contributed by atoms with van der Waals surface area (Å²) in [4.78, 5) is 15.5. The van der Waals surface area contributed by atoms with Crippen LogP contribution in [0.5, 0.6) is 0 Å². The number of carbonyl (C=O) groups is 1. The first kappa shape index (κ1) is 13.6.